The van der Waals surface area contributed by atoms with E-state index in [9.17, 15) is 4.79 Å². The maximum atomic E-state index is 12.3. The Balaban J connectivity index is 2.08. The van der Waals surface area contributed by atoms with Crippen molar-refractivity contribution in [1.29, 1.82) is 0 Å². The Morgan fingerprint density at radius 3 is 2.50 bits per heavy atom. The van der Waals surface area contributed by atoms with Crippen LogP contribution in [0.25, 0.3) is 0 Å². The van der Waals surface area contributed by atoms with Gasteiger partial charge in [-0.1, -0.05) is 44.6 Å². The van der Waals surface area contributed by atoms with Gasteiger partial charge in [-0.05, 0) is 50.0 Å². The number of carbonyl (C=O) groups is 1. The van der Waals surface area contributed by atoms with Gasteiger partial charge in [0.15, 0.2) is 5.78 Å². The molecule has 0 aromatic heterocycles. The van der Waals surface area contributed by atoms with Crippen LogP contribution in [0.15, 0.2) is 11.1 Å². The lowest BCUT2D eigenvalue weighted by atomic mass is 9.75. The Hall–Kier alpha value is -0.590. The van der Waals surface area contributed by atoms with E-state index in [2.05, 4.69) is 6.92 Å². The standard InChI is InChI=1S/C17H28O/c1-2-3-5-9-15-12-8-13-16(18)17(15)14-10-6-4-7-11-14/h14H,2-13H2,1H3. The molecule has 0 heterocycles. The van der Waals surface area contributed by atoms with Crippen molar-refractivity contribution >= 4 is 5.78 Å². The minimum absolute atomic E-state index is 0.500. The van der Waals surface area contributed by atoms with E-state index in [1.54, 1.807) is 5.57 Å². The lowest BCUT2D eigenvalue weighted by Crippen LogP contribution is -2.21. The Labute approximate surface area is 112 Å². The third-order valence-electron chi connectivity index (χ3n) is 4.66. The molecule has 102 valence electrons. The van der Waals surface area contributed by atoms with Gasteiger partial charge in [0.05, 0.1) is 0 Å². The van der Waals surface area contributed by atoms with Crippen molar-refractivity contribution in [3.05, 3.63) is 11.1 Å². The number of hydrogen-bond acceptors (Lipinski definition) is 1. The highest BCUT2D eigenvalue weighted by Gasteiger charge is 2.28. The second kappa shape index (κ2) is 7.11. The molecule has 0 atom stereocenters. The van der Waals surface area contributed by atoms with Crippen molar-refractivity contribution in [2.45, 2.75) is 84.0 Å². The number of allylic oxidation sites excluding steroid dienone is 2. The van der Waals surface area contributed by atoms with Crippen molar-refractivity contribution < 1.29 is 4.79 Å². The summed E-state index contributed by atoms with van der Waals surface area (Å²) in [7, 11) is 0. The fraction of sp³-hybridized carbons (Fsp3) is 0.824. The molecule has 0 bridgehead atoms. The van der Waals surface area contributed by atoms with Crippen molar-refractivity contribution in [2.24, 2.45) is 5.92 Å². The molecular weight excluding hydrogens is 220 g/mol. The monoisotopic (exact) mass is 248 g/mol. The van der Waals surface area contributed by atoms with Crippen molar-refractivity contribution in [3.63, 3.8) is 0 Å². The summed E-state index contributed by atoms with van der Waals surface area (Å²) < 4.78 is 0. The van der Waals surface area contributed by atoms with Gasteiger partial charge in [-0.25, -0.2) is 0 Å². The molecule has 1 fully saturated rings. The van der Waals surface area contributed by atoms with Crippen molar-refractivity contribution in [1.82, 2.24) is 0 Å². The van der Waals surface area contributed by atoms with Gasteiger partial charge in [0.25, 0.3) is 0 Å². The van der Waals surface area contributed by atoms with Gasteiger partial charge in [-0.3, -0.25) is 4.79 Å². The number of hydrogen-bond donors (Lipinski definition) is 0. The van der Waals surface area contributed by atoms with E-state index in [0.717, 1.165) is 12.8 Å². The molecule has 18 heavy (non-hydrogen) atoms. The first kappa shape index (κ1) is 13.8. The van der Waals surface area contributed by atoms with Crippen molar-refractivity contribution in [2.75, 3.05) is 0 Å². The van der Waals surface area contributed by atoms with Gasteiger partial charge in [-0.15, -0.1) is 0 Å². The van der Waals surface area contributed by atoms with Crippen LogP contribution in [0.1, 0.15) is 84.0 Å². The highest BCUT2D eigenvalue weighted by Crippen LogP contribution is 2.37. The number of Topliss-reactive ketones (excluding diaryl/α,β-unsaturated/α-hetero) is 1. The van der Waals surface area contributed by atoms with Crippen LogP contribution in [-0.2, 0) is 4.79 Å². The largest absolute Gasteiger partial charge is 0.295 e. The summed E-state index contributed by atoms with van der Waals surface area (Å²) in [4.78, 5) is 12.3. The molecule has 1 heteroatoms. The lowest BCUT2D eigenvalue weighted by molar-refractivity contribution is -0.116. The fourth-order valence-corrected chi connectivity index (χ4v) is 3.68. The van der Waals surface area contributed by atoms with E-state index in [-0.39, 0.29) is 0 Å². The van der Waals surface area contributed by atoms with Gasteiger partial charge in [0, 0.05) is 6.42 Å². The molecule has 0 radical (unpaired) electrons. The summed E-state index contributed by atoms with van der Waals surface area (Å²) in [6, 6.07) is 0. The smallest absolute Gasteiger partial charge is 0.159 e. The van der Waals surface area contributed by atoms with E-state index in [0.29, 0.717) is 11.7 Å². The average Bonchev–Trinajstić information content (AvgIpc) is 2.40. The average molecular weight is 248 g/mol. The predicted octanol–water partition coefficient (Wildman–Crippen LogP) is 5.20. The zero-order chi connectivity index (χ0) is 12.8. The van der Waals surface area contributed by atoms with Crippen LogP contribution in [-0.4, -0.2) is 5.78 Å². The predicted molar refractivity (Wildman–Crippen MR) is 76.6 cm³/mol. The molecule has 1 nitrogen and oxygen atoms in total. The SMILES string of the molecule is CCCCCC1=C(C2CCCCC2)C(=O)CCC1. The molecule has 0 aromatic rings. The molecular formula is C17H28O. The van der Waals surface area contributed by atoms with Gasteiger partial charge >= 0.3 is 0 Å². The molecule has 2 aliphatic carbocycles. The van der Waals surface area contributed by atoms with Crippen LogP contribution in [0.3, 0.4) is 0 Å². The molecule has 0 spiro atoms. The minimum Gasteiger partial charge on any atom is -0.295 e. The Bertz CT molecular complexity index is 308. The third kappa shape index (κ3) is 3.46. The van der Waals surface area contributed by atoms with E-state index in [1.165, 1.54) is 69.8 Å². The zero-order valence-electron chi connectivity index (χ0n) is 12.0. The number of unbranched alkanes of at least 4 members (excludes halogenated alkanes) is 2. The Morgan fingerprint density at radius 1 is 1.00 bits per heavy atom. The molecule has 2 aliphatic rings. The molecule has 0 saturated heterocycles. The molecule has 0 amide bonds. The number of ketones is 1. The first-order chi connectivity index (χ1) is 8.83. The lowest BCUT2D eigenvalue weighted by Gasteiger charge is -2.29. The molecule has 2 rings (SSSR count). The Kier molecular flexibility index (Phi) is 5.46. The van der Waals surface area contributed by atoms with Gasteiger partial charge in [0.2, 0.25) is 0 Å². The summed E-state index contributed by atoms with van der Waals surface area (Å²) in [6.07, 6.45) is 14.8. The van der Waals surface area contributed by atoms with Gasteiger partial charge < -0.3 is 0 Å². The van der Waals surface area contributed by atoms with Gasteiger partial charge in [0.1, 0.15) is 0 Å². The van der Waals surface area contributed by atoms with E-state index >= 15 is 0 Å². The summed E-state index contributed by atoms with van der Waals surface area (Å²) in [5, 5.41) is 0. The highest BCUT2D eigenvalue weighted by molar-refractivity contribution is 5.97. The van der Waals surface area contributed by atoms with E-state index in [1.807, 2.05) is 0 Å². The van der Waals surface area contributed by atoms with E-state index in [4.69, 9.17) is 0 Å². The second-order valence-corrected chi connectivity index (χ2v) is 6.09. The topological polar surface area (TPSA) is 17.1 Å². The van der Waals surface area contributed by atoms with Crippen LogP contribution in [0.4, 0.5) is 0 Å². The highest BCUT2D eigenvalue weighted by atomic mass is 16.1. The normalized spacial score (nSPS) is 22.6. The van der Waals surface area contributed by atoms with Crippen LogP contribution in [0.2, 0.25) is 0 Å². The number of carbonyl (C=O) groups excluding carboxylic acids is 1. The number of rotatable bonds is 5. The summed E-state index contributed by atoms with van der Waals surface area (Å²) in [5.74, 6) is 1.13. The maximum absolute atomic E-state index is 12.3. The van der Waals surface area contributed by atoms with Crippen molar-refractivity contribution in [3.8, 4) is 0 Å². The zero-order valence-corrected chi connectivity index (χ0v) is 12.0. The Morgan fingerprint density at radius 2 is 1.78 bits per heavy atom. The quantitative estimate of drug-likeness (QED) is 0.611. The van der Waals surface area contributed by atoms with Crippen LogP contribution in [0.5, 0.6) is 0 Å². The first-order valence-electron chi connectivity index (χ1n) is 8.08. The molecule has 0 aliphatic heterocycles. The second-order valence-electron chi connectivity index (χ2n) is 6.09. The summed E-state index contributed by atoms with van der Waals surface area (Å²) in [6.45, 7) is 2.25. The minimum atomic E-state index is 0.500. The molecule has 0 aromatic carbocycles. The van der Waals surface area contributed by atoms with Crippen LogP contribution < -0.4 is 0 Å². The summed E-state index contributed by atoms with van der Waals surface area (Å²) in [5.41, 5.74) is 2.85. The fourth-order valence-electron chi connectivity index (χ4n) is 3.68. The van der Waals surface area contributed by atoms with Crippen LogP contribution in [0, 0.1) is 5.92 Å². The molecule has 0 N–H and O–H groups in total. The maximum Gasteiger partial charge on any atom is 0.159 e. The third-order valence-corrected chi connectivity index (χ3v) is 4.66. The van der Waals surface area contributed by atoms with Gasteiger partial charge in [-0.2, -0.15) is 0 Å². The summed E-state index contributed by atoms with van der Waals surface area (Å²) >= 11 is 0. The van der Waals surface area contributed by atoms with Crippen LogP contribution >= 0.6 is 0 Å². The van der Waals surface area contributed by atoms with E-state index < -0.39 is 0 Å². The molecule has 1 saturated carbocycles. The first-order valence-corrected chi connectivity index (χ1v) is 8.08. The molecule has 0 unspecified atom stereocenters.